The van der Waals surface area contributed by atoms with E-state index in [1.54, 1.807) is 26.2 Å². The highest BCUT2D eigenvalue weighted by atomic mass is 35.5. The minimum atomic E-state index is -3.69. The lowest BCUT2D eigenvalue weighted by molar-refractivity contribution is 0.190. The van der Waals surface area contributed by atoms with Crippen molar-refractivity contribution in [3.8, 4) is 0 Å². The summed E-state index contributed by atoms with van der Waals surface area (Å²) in [5.41, 5.74) is 7.69. The molecule has 0 spiro atoms. The van der Waals surface area contributed by atoms with Gasteiger partial charge in [-0.15, -0.1) is 0 Å². The lowest BCUT2D eigenvalue weighted by Crippen LogP contribution is -2.09. The lowest BCUT2D eigenvalue weighted by atomic mass is 10.3. The van der Waals surface area contributed by atoms with Gasteiger partial charge >= 0.3 is 0 Å². The molecule has 1 aromatic carbocycles. The Bertz CT molecular complexity index is 796. The number of halogens is 1. The van der Waals surface area contributed by atoms with E-state index in [9.17, 15) is 8.42 Å². The minimum Gasteiger partial charge on any atom is -0.385 e. The summed E-state index contributed by atoms with van der Waals surface area (Å²) < 4.78 is 32.7. The molecule has 23 heavy (non-hydrogen) atoms. The van der Waals surface area contributed by atoms with Gasteiger partial charge in [-0.05, 0) is 50.1 Å². The normalized spacial score (nSPS) is 11.8. The van der Waals surface area contributed by atoms with E-state index in [1.807, 2.05) is 11.5 Å². The largest absolute Gasteiger partial charge is 0.385 e. The fraction of sp³-hybridized carbons (Fsp3) is 0.375. The van der Waals surface area contributed by atoms with Crippen molar-refractivity contribution in [2.75, 3.05) is 19.5 Å². The van der Waals surface area contributed by atoms with Crippen LogP contribution >= 0.6 is 11.6 Å². The smallest absolute Gasteiger partial charge is 0.210 e. The van der Waals surface area contributed by atoms with E-state index in [4.69, 9.17) is 22.1 Å². The number of nitrogen functional groups attached to an aromatic ring is 1. The van der Waals surface area contributed by atoms with E-state index in [1.165, 1.54) is 12.1 Å². The van der Waals surface area contributed by atoms with Gasteiger partial charge in [-0.3, -0.25) is 0 Å². The summed E-state index contributed by atoms with van der Waals surface area (Å²) in [5.74, 6) is 0.269. The highest BCUT2D eigenvalue weighted by Gasteiger charge is 2.28. The van der Waals surface area contributed by atoms with Crippen LogP contribution in [0.15, 0.2) is 34.1 Å². The molecule has 0 atom stereocenters. The molecule has 0 aliphatic carbocycles. The third-order valence-corrected chi connectivity index (χ3v) is 6.13. The van der Waals surface area contributed by atoms with Crippen LogP contribution < -0.4 is 5.73 Å². The zero-order valence-electron chi connectivity index (χ0n) is 13.5. The van der Waals surface area contributed by atoms with Crippen LogP contribution in [0, 0.1) is 13.8 Å². The van der Waals surface area contributed by atoms with Gasteiger partial charge in [-0.2, -0.15) is 0 Å². The predicted molar refractivity (Wildman–Crippen MR) is 91.7 cm³/mol. The first-order valence-electron chi connectivity index (χ1n) is 7.25. The van der Waals surface area contributed by atoms with Gasteiger partial charge in [0.15, 0.2) is 0 Å². The number of nitrogens with two attached hydrogens (primary N) is 1. The Labute approximate surface area is 141 Å². The molecule has 0 fully saturated rings. The maximum absolute atomic E-state index is 12.9. The van der Waals surface area contributed by atoms with Crippen molar-refractivity contribution in [3.05, 3.63) is 40.5 Å². The number of hydrogen-bond acceptors (Lipinski definition) is 4. The number of methoxy groups -OCH3 is 1. The van der Waals surface area contributed by atoms with Gasteiger partial charge in [-0.1, -0.05) is 11.6 Å². The average Bonchev–Trinajstić information content (AvgIpc) is 2.71. The molecular weight excluding hydrogens is 336 g/mol. The summed E-state index contributed by atoms with van der Waals surface area (Å²) in [6.07, 6.45) is 0.760. The van der Waals surface area contributed by atoms with Crippen molar-refractivity contribution in [1.29, 1.82) is 0 Å². The lowest BCUT2D eigenvalue weighted by Gasteiger charge is -2.09. The second-order valence-electron chi connectivity index (χ2n) is 5.38. The molecule has 7 heteroatoms. The van der Waals surface area contributed by atoms with Crippen LogP contribution in [-0.4, -0.2) is 26.7 Å². The summed E-state index contributed by atoms with van der Waals surface area (Å²) >= 11 is 5.84. The second-order valence-corrected chi connectivity index (χ2v) is 7.70. The molecule has 0 aliphatic rings. The third-order valence-electron chi connectivity index (χ3n) is 3.93. The number of benzene rings is 1. The van der Waals surface area contributed by atoms with Crippen LogP contribution in [0.4, 0.5) is 5.82 Å². The van der Waals surface area contributed by atoms with Crippen molar-refractivity contribution < 1.29 is 13.2 Å². The van der Waals surface area contributed by atoms with Crippen LogP contribution in [0.3, 0.4) is 0 Å². The highest BCUT2D eigenvalue weighted by molar-refractivity contribution is 7.91. The van der Waals surface area contributed by atoms with E-state index in [0.29, 0.717) is 23.7 Å². The van der Waals surface area contributed by atoms with Crippen LogP contribution in [0.2, 0.25) is 5.02 Å². The quantitative estimate of drug-likeness (QED) is 0.806. The molecule has 2 rings (SSSR count). The van der Waals surface area contributed by atoms with E-state index < -0.39 is 9.84 Å². The van der Waals surface area contributed by atoms with Gasteiger partial charge < -0.3 is 15.0 Å². The maximum Gasteiger partial charge on any atom is 0.210 e. The molecule has 0 radical (unpaired) electrons. The summed E-state index contributed by atoms with van der Waals surface area (Å²) in [4.78, 5) is 0.362. The van der Waals surface area contributed by atoms with Gasteiger partial charge in [0, 0.05) is 31.0 Å². The van der Waals surface area contributed by atoms with E-state index in [-0.39, 0.29) is 15.6 Å². The molecule has 5 nitrogen and oxygen atoms in total. The summed E-state index contributed by atoms with van der Waals surface area (Å²) in [5, 5.41) is 0.488. The highest BCUT2D eigenvalue weighted by Crippen LogP contribution is 2.33. The van der Waals surface area contributed by atoms with Gasteiger partial charge in [0.1, 0.15) is 10.7 Å². The zero-order valence-corrected chi connectivity index (χ0v) is 15.0. The molecule has 0 amide bonds. The van der Waals surface area contributed by atoms with Crippen LogP contribution in [0.5, 0.6) is 0 Å². The van der Waals surface area contributed by atoms with Crippen molar-refractivity contribution in [1.82, 2.24) is 4.57 Å². The van der Waals surface area contributed by atoms with Crippen molar-refractivity contribution in [2.45, 2.75) is 36.6 Å². The number of hydrogen-bond donors (Lipinski definition) is 1. The van der Waals surface area contributed by atoms with Gasteiger partial charge in [0.2, 0.25) is 9.84 Å². The fourth-order valence-electron chi connectivity index (χ4n) is 2.59. The summed E-state index contributed by atoms with van der Waals surface area (Å²) in [6.45, 7) is 4.86. The molecule has 1 heterocycles. The molecule has 0 saturated carbocycles. The number of rotatable bonds is 6. The Kier molecular flexibility index (Phi) is 5.39. The monoisotopic (exact) mass is 356 g/mol. The SMILES string of the molecule is COCCCn1c(C)c(C)c(S(=O)(=O)c2ccc(Cl)cc2)c1N. The number of nitrogens with zero attached hydrogens (tertiary/aromatic N) is 1. The molecule has 0 bridgehead atoms. The molecule has 2 N–H and O–H groups in total. The Morgan fingerprint density at radius 2 is 1.83 bits per heavy atom. The fourth-order valence-corrected chi connectivity index (χ4v) is 4.38. The molecule has 2 aromatic rings. The first kappa shape index (κ1) is 17.8. The third kappa shape index (κ3) is 3.39. The number of anilines is 1. The zero-order chi connectivity index (χ0) is 17.2. The van der Waals surface area contributed by atoms with E-state index in [0.717, 1.165) is 12.1 Å². The number of ether oxygens (including phenoxy) is 1. The van der Waals surface area contributed by atoms with Crippen molar-refractivity contribution in [3.63, 3.8) is 0 Å². The maximum atomic E-state index is 12.9. The minimum absolute atomic E-state index is 0.176. The molecule has 0 aliphatic heterocycles. The average molecular weight is 357 g/mol. The predicted octanol–water partition coefficient (Wildman–Crippen LogP) is 3.21. The number of sulfone groups is 1. The first-order valence-corrected chi connectivity index (χ1v) is 9.11. The Hall–Kier alpha value is -1.50. The molecule has 1 aromatic heterocycles. The van der Waals surface area contributed by atoms with Crippen molar-refractivity contribution in [2.24, 2.45) is 0 Å². The Balaban J connectivity index is 2.50. The first-order chi connectivity index (χ1) is 10.8. The molecule has 0 saturated heterocycles. The summed E-state index contributed by atoms with van der Waals surface area (Å²) in [6, 6.07) is 6.10. The standard InChI is InChI=1S/C16H21ClN2O3S/c1-11-12(2)19(9-4-10-22-3)16(18)15(11)23(20,21)14-7-5-13(17)6-8-14/h5-8H,4,9-10,18H2,1-3H3. The topological polar surface area (TPSA) is 74.3 Å². The summed E-state index contributed by atoms with van der Waals surface area (Å²) in [7, 11) is -2.05. The second kappa shape index (κ2) is 6.95. The molecule has 0 unspecified atom stereocenters. The van der Waals surface area contributed by atoms with Crippen LogP contribution in [0.1, 0.15) is 17.7 Å². The van der Waals surface area contributed by atoms with Gasteiger partial charge in [-0.25, -0.2) is 8.42 Å². The Morgan fingerprint density at radius 3 is 2.39 bits per heavy atom. The van der Waals surface area contributed by atoms with Crippen molar-refractivity contribution >= 4 is 27.3 Å². The van der Waals surface area contributed by atoms with E-state index >= 15 is 0 Å². The van der Waals surface area contributed by atoms with Crippen LogP contribution in [0.25, 0.3) is 0 Å². The number of aromatic nitrogens is 1. The van der Waals surface area contributed by atoms with Gasteiger partial charge in [0.05, 0.1) is 4.90 Å². The molecular formula is C16H21ClN2O3S. The van der Waals surface area contributed by atoms with E-state index in [2.05, 4.69) is 0 Å². The molecule has 126 valence electrons. The van der Waals surface area contributed by atoms with Crippen LogP contribution in [-0.2, 0) is 21.1 Å². The Morgan fingerprint density at radius 1 is 1.22 bits per heavy atom. The van der Waals surface area contributed by atoms with Gasteiger partial charge in [0.25, 0.3) is 0 Å².